The SMILES string of the molecule is Nc1ncc(O)c(Cl)c1Cl. The molecule has 0 spiro atoms. The van der Waals surface area contributed by atoms with Gasteiger partial charge in [0.1, 0.15) is 15.9 Å². The van der Waals surface area contributed by atoms with Crippen LogP contribution in [0.2, 0.25) is 10.0 Å². The van der Waals surface area contributed by atoms with E-state index in [1.165, 1.54) is 0 Å². The second kappa shape index (κ2) is 2.52. The molecule has 3 N–H and O–H groups in total. The Morgan fingerprint density at radius 1 is 1.40 bits per heavy atom. The molecular formula is C5H4Cl2N2O. The summed E-state index contributed by atoms with van der Waals surface area (Å²) in [7, 11) is 0. The first-order valence-corrected chi connectivity index (χ1v) is 3.17. The fourth-order valence-electron chi connectivity index (χ4n) is 0.469. The Labute approximate surface area is 67.4 Å². The first-order chi connectivity index (χ1) is 4.63. The first-order valence-electron chi connectivity index (χ1n) is 2.41. The molecule has 1 aromatic heterocycles. The van der Waals surface area contributed by atoms with Crippen LogP contribution >= 0.6 is 23.2 Å². The minimum atomic E-state index is -0.166. The molecule has 0 aliphatic heterocycles. The van der Waals surface area contributed by atoms with E-state index in [2.05, 4.69) is 4.98 Å². The van der Waals surface area contributed by atoms with E-state index in [-0.39, 0.29) is 21.6 Å². The topological polar surface area (TPSA) is 59.1 Å². The summed E-state index contributed by atoms with van der Waals surface area (Å²) in [5.74, 6) is -0.0506. The summed E-state index contributed by atoms with van der Waals surface area (Å²) in [5, 5.41) is 9.01. The van der Waals surface area contributed by atoms with Crippen molar-refractivity contribution in [1.82, 2.24) is 4.98 Å². The van der Waals surface area contributed by atoms with Crippen molar-refractivity contribution in [3.63, 3.8) is 0 Å². The van der Waals surface area contributed by atoms with E-state index in [0.29, 0.717) is 0 Å². The summed E-state index contributed by atoms with van der Waals surface area (Å²) < 4.78 is 0. The summed E-state index contributed by atoms with van der Waals surface area (Å²) in [6, 6.07) is 0. The highest BCUT2D eigenvalue weighted by Crippen LogP contribution is 2.32. The number of hydrogen-bond acceptors (Lipinski definition) is 3. The van der Waals surface area contributed by atoms with Crippen molar-refractivity contribution in [1.29, 1.82) is 0 Å². The Bertz CT molecular complexity index is 237. The predicted molar refractivity (Wildman–Crippen MR) is 40.3 cm³/mol. The van der Waals surface area contributed by atoms with Crippen molar-refractivity contribution < 1.29 is 5.11 Å². The third-order valence-corrected chi connectivity index (χ3v) is 1.83. The lowest BCUT2D eigenvalue weighted by Gasteiger charge is -1.99. The lowest BCUT2D eigenvalue weighted by Crippen LogP contribution is -1.90. The highest BCUT2D eigenvalue weighted by Gasteiger charge is 2.06. The van der Waals surface area contributed by atoms with E-state index in [1.54, 1.807) is 0 Å². The Morgan fingerprint density at radius 2 is 2.00 bits per heavy atom. The lowest BCUT2D eigenvalue weighted by atomic mass is 10.4. The number of nitrogens with two attached hydrogens (primary N) is 1. The lowest BCUT2D eigenvalue weighted by molar-refractivity contribution is 0.473. The van der Waals surface area contributed by atoms with Crippen molar-refractivity contribution in [3.8, 4) is 5.75 Å². The first kappa shape index (κ1) is 7.44. The van der Waals surface area contributed by atoms with Crippen LogP contribution in [0.5, 0.6) is 5.75 Å². The maximum absolute atomic E-state index is 8.89. The van der Waals surface area contributed by atoms with Crippen LogP contribution in [0.4, 0.5) is 5.82 Å². The predicted octanol–water partition coefficient (Wildman–Crippen LogP) is 1.68. The number of halogens is 2. The van der Waals surface area contributed by atoms with Gasteiger partial charge in [0, 0.05) is 0 Å². The normalized spacial score (nSPS) is 9.80. The van der Waals surface area contributed by atoms with Crippen LogP contribution in [0.15, 0.2) is 6.20 Å². The van der Waals surface area contributed by atoms with E-state index in [9.17, 15) is 0 Å². The monoisotopic (exact) mass is 178 g/mol. The van der Waals surface area contributed by atoms with Crippen LogP contribution in [-0.2, 0) is 0 Å². The quantitative estimate of drug-likeness (QED) is 0.636. The zero-order valence-corrected chi connectivity index (χ0v) is 6.32. The fraction of sp³-hybridized carbons (Fsp3) is 0. The molecule has 0 saturated heterocycles. The second-order valence-corrected chi connectivity index (χ2v) is 2.41. The molecule has 0 unspecified atom stereocenters. The number of pyridine rings is 1. The molecule has 1 rings (SSSR count). The minimum absolute atomic E-state index is 0.0363. The standard InChI is InChI=1S/C5H4Cl2N2O/c6-3-2(10)1-9-5(8)4(3)7/h1,10H,(H2,8,9). The number of nitrogens with zero attached hydrogens (tertiary/aromatic N) is 1. The van der Waals surface area contributed by atoms with E-state index in [0.717, 1.165) is 6.20 Å². The Kier molecular flexibility index (Phi) is 1.87. The number of anilines is 1. The van der Waals surface area contributed by atoms with Crippen molar-refractivity contribution in [2.75, 3.05) is 5.73 Å². The molecule has 0 bridgehead atoms. The van der Waals surface area contributed by atoms with Gasteiger partial charge in [0.05, 0.1) is 6.20 Å². The molecule has 0 amide bonds. The van der Waals surface area contributed by atoms with Gasteiger partial charge in [-0.05, 0) is 0 Å². The van der Waals surface area contributed by atoms with Crippen LogP contribution < -0.4 is 5.73 Å². The summed E-state index contributed by atoms with van der Waals surface area (Å²) in [6.07, 6.45) is 1.14. The van der Waals surface area contributed by atoms with Gasteiger partial charge in [-0.2, -0.15) is 0 Å². The average molecular weight is 179 g/mol. The van der Waals surface area contributed by atoms with Gasteiger partial charge in [0.2, 0.25) is 0 Å². The summed E-state index contributed by atoms with van der Waals surface area (Å²) in [6.45, 7) is 0. The van der Waals surface area contributed by atoms with Crippen molar-refractivity contribution in [3.05, 3.63) is 16.2 Å². The zero-order chi connectivity index (χ0) is 7.72. The maximum Gasteiger partial charge on any atom is 0.154 e. The number of aromatic nitrogens is 1. The van der Waals surface area contributed by atoms with Gasteiger partial charge in [-0.25, -0.2) is 4.98 Å². The van der Waals surface area contributed by atoms with Crippen LogP contribution in [0, 0.1) is 0 Å². The molecule has 0 radical (unpaired) electrons. The Hall–Kier alpha value is -0.670. The number of nitrogen functional groups attached to an aromatic ring is 1. The van der Waals surface area contributed by atoms with Gasteiger partial charge in [-0.1, -0.05) is 23.2 Å². The third-order valence-electron chi connectivity index (χ3n) is 0.968. The molecule has 3 nitrogen and oxygen atoms in total. The number of aromatic hydroxyl groups is 1. The van der Waals surface area contributed by atoms with Gasteiger partial charge < -0.3 is 10.8 Å². The van der Waals surface area contributed by atoms with Gasteiger partial charge in [-0.15, -0.1) is 0 Å². The van der Waals surface area contributed by atoms with Gasteiger partial charge >= 0.3 is 0 Å². The zero-order valence-electron chi connectivity index (χ0n) is 4.81. The number of hydrogen-bond donors (Lipinski definition) is 2. The molecule has 0 aromatic carbocycles. The molecular weight excluding hydrogens is 175 g/mol. The maximum atomic E-state index is 8.89. The summed E-state index contributed by atoms with van der Waals surface area (Å²) >= 11 is 11.0. The van der Waals surface area contributed by atoms with Crippen LogP contribution in [-0.4, -0.2) is 10.1 Å². The van der Waals surface area contributed by atoms with E-state index >= 15 is 0 Å². The molecule has 5 heteroatoms. The van der Waals surface area contributed by atoms with Gasteiger partial charge in [-0.3, -0.25) is 0 Å². The third kappa shape index (κ3) is 1.10. The smallest absolute Gasteiger partial charge is 0.154 e. The molecule has 1 heterocycles. The highest BCUT2D eigenvalue weighted by molar-refractivity contribution is 6.44. The molecule has 0 saturated carbocycles. The number of rotatable bonds is 0. The molecule has 0 aliphatic rings. The van der Waals surface area contributed by atoms with E-state index in [1.807, 2.05) is 0 Å². The molecule has 0 fully saturated rings. The van der Waals surface area contributed by atoms with Crippen LogP contribution in [0.3, 0.4) is 0 Å². The van der Waals surface area contributed by atoms with Crippen molar-refractivity contribution in [2.24, 2.45) is 0 Å². The molecule has 0 aliphatic carbocycles. The van der Waals surface area contributed by atoms with Gasteiger partial charge in [0.15, 0.2) is 5.75 Å². The highest BCUT2D eigenvalue weighted by atomic mass is 35.5. The van der Waals surface area contributed by atoms with Crippen LogP contribution in [0.1, 0.15) is 0 Å². The summed E-state index contributed by atoms with van der Waals surface area (Å²) in [5.41, 5.74) is 5.25. The van der Waals surface area contributed by atoms with Crippen molar-refractivity contribution in [2.45, 2.75) is 0 Å². The Morgan fingerprint density at radius 3 is 2.50 bits per heavy atom. The van der Waals surface area contributed by atoms with Crippen molar-refractivity contribution >= 4 is 29.0 Å². The minimum Gasteiger partial charge on any atom is -0.505 e. The summed E-state index contributed by atoms with van der Waals surface area (Å²) in [4.78, 5) is 3.55. The van der Waals surface area contributed by atoms with E-state index in [4.69, 9.17) is 34.0 Å². The fourth-order valence-corrected chi connectivity index (χ4v) is 0.760. The van der Waals surface area contributed by atoms with E-state index < -0.39 is 0 Å². The second-order valence-electron chi connectivity index (χ2n) is 1.66. The van der Waals surface area contributed by atoms with Crippen LogP contribution in [0.25, 0.3) is 0 Å². The van der Waals surface area contributed by atoms with Gasteiger partial charge in [0.25, 0.3) is 0 Å². The Balaban J connectivity index is 3.34. The largest absolute Gasteiger partial charge is 0.505 e. The average Bonchev–Trinajstić information content (AvgIpc) is 1.93. The molecule has 0 atom stereocenters. The molecule has 10 heavy (non-hydrogen) atoms. The molecule has 54 valence electrons. The molecule has 1 aromatic rings.